The summed E-state index contributed by atoms with van der Waals surface area (Å²) in [7, 11) is 0. The molecule has 1 saturated carbocycles. The Morgan fingerprint density at radius 3 is 2.62 bits per heavy atom. The zero-order valence-electron chi connectivity index (χ0n) is 15.5. The van der Waals surface area contributed by atoms with Gasteiger partial charge in [-0.2, -0.15) is 0 Å². The number of para-hydroxylation sites is 2. The Bertz CT molecular complexity index is 827. The van der Waals surface area contributed by atoms with Gasteiger partial charge in [-0.05, 0) is 43.9 Å². The van der Waals surface area contributed by atoms with E-state index in [2.05, 4.69) is 20.0 Å². The molecular weight excluding hydrogens is 500 g/mol. The van der Waals surface area contributed by atoms with Crippen LogP contribution in [-0.2, 0) is 6.54 Å². The number of ether oxygens (including phenoxy) is 2. The number of hydrogen-bond donors (Lipinski definition) is 2. The molecule has 1 aliphatic rings. The van der Waals surface area contributed by atoms with Gasteiger partial charge in [-0.25, -0.2) is 9.98 Å². The zero-order chi connectivity index (χ0) is 20.0. The summed E-state index contributed by atoms with van der Waals surface area (Å²) < 4.78 is 47.5. The van der Waals surface area contributed by atoms with Crippen molar-refractivity contribution < 1.29 is 22.6 Å². The molecule has 0 unspecified atom stereocenters. The molecule has 0 spiro atoms. The molecule has 10 heteroatoms. The fraction of sp³-hybridized carbons (Fsp3) is 0.368. The molecule has 3 N–H and O–H groups in total. The maximum absolute atomic E-state index is 12.5. The standard InChI is InChI=1S/C19H21F3N4O2.HI/c20-19(21,22)28-16-10-4-3-9-15(16)26-18(23)25-12-13-6-5-11-24-17(13)27-14-7-1-2-8-14;/h3-6,9-11,14H,1-2,7-8,12H2,(H3,23,25,26);1H. The Morgan fingerprint density at radius 1 is 1.17 bits per heavy atom. The average molecular weight is 522 g/mol. The van der Waals surface area contributed by atoms with Crippen molar-refractivity contribution in [1.29, 1.82) is 0 Å². The van der Waals surface area contributed by atoms with Crippen LogP contribution in [-0.4, -0.2) is 23.4 Å². The van der Waals surface area contributed by atoms with Crippen LogP contribution in [0.4, 0.5) is 18.9 Å². The van der Waals surface area contributed by atoms with Gasteiger partial charge < -0.3 is 20.5 Å². The largest absolute Gasteiger partial charge is 0.573 e. The molecule has 0 atom stereocenters. The number of halogens is 4. The van der Waals surface area contributed by atoms with E-state index in [0.29, 0.717) is 5.88 Å². The number of rotatable bonds is 6. The number of hydrogen-bond acceptors (Lipinski definition) is 4. The number of benzene rings is 1. The maximum atomic E-state index is 12.5. The first kappa shape index (κ1) is 23.0. The van der Waals surface area contributed by atoms with Crippen LogP contribution in [0, 0.1) is 0 Å². The highest BCUT2D eigenvalue weighted by molar-refractivity contribution is 14.0. The molecular formula is C19H22F3IN4O2. The summed E-state index contributed by atoms with van der Waals surface area (Å²) in [6, 6.07) is 9.20. The minimum atomic E-state index is -4.80. The number of aromatic nitrogens is 1. The number of pyridine rings is 1. The third kappa shape index (κ3) is 7.26. The first-order valence-electron chi connectivity index (χ1n) is 8.93. The van der Waals surface area contributed by atoms with E-state index in [1.807, 2.05) is 6.07 Å². The number of alkyl halides is 3. The van der Waals surface area contributed by atoms with Crippen LogP contribution in [0.25, 0.3) is 0 Å². The Hall–Kier alpha value is -2.24. The molecule has 6 nitrogen and oxygen atoms in total. The van der Waals surface area contributed by atoms with Crippen LogP contribution in [0.15, 0.2) is 47.6 Å². The Balaban J connectivity index is 0.00000300. The molecule has 2 aromatic rings. The second-order valence-electron chi connectivity index (χ2n) is 6.36. The summed E-state index contributed by atoms with van der Waals surface area (Å²) in [6.07, 6.45) is 1.27. The van der Waals surface area contributed by atoms with Crippen LogP contribution in [0.1, 0.15) is 31.2 Å². The van der Waals surface area contributed by atoms with E-state index in [-0.39, 0.29) is 54.0 Å². The molecule has 1 aromatic heterocycles. The predicted octanol–water partition coefficient (Wildman–Crippen LogP) is 4.85. The van der Waals surface area contributed by atoms with Gasteiger partial charge in [-0.15, -0.1) is 37.1 Å². The molecule has 3 rings (SSSR count). The summed E-state index contributed by atoms with van der Waals surface area (Å²) in [4.78, 5) is 8.45. The molecule has 1 aliphatic carbocycles. The van der Waals surface area contributed by atoms with Gasteiger partial charge in [0.15, 0.2) is 11.7 Å². The van der Waals surface area contributed by atoms with Crippen LogP contribution >= 0.6 is 24.0 Å². The minimum absolute atomic E-state index is 0. The average Bonchev–Trinajstić information content (AvgIpc) is 3.14. The van der Waals surface area contributed by atoms with Crippen molar-refractivity contribution in [1.82, 2.24) is 4.98 Å². The van der Waals surface area contributed by atoms with Crippen molar-refractivity contribution in [3.63, 3.8) is 0 Å². The number of nitrogens with zero attached hydrogens (tertiary/aromatic N) is 2. The van der Waals surface area contributed by atoms with Gasteiger partial charge in [0.1, 0.15) is 6.10 Å². The highest BCUT2D eigenvalue weighted by Crippen LogP contribution is 2.30. The Kier molecular flexibility index (Phi) is 8.35. The molecule has 1 aromatic carbocycles. The van der Waals surface area contributed by atoms with Gasteiger partial charge in [-0.3, -0.25) is 0 Å². The second kappa shape index (κ2) is 10.5. The first-order chi connectivity index (χ1) is 13.4. The monoisotopic (exact) mass is 522 g/mol. The minimum Gasteiger partial charge on any atom is -0.474 e. The summed E-state index contributed by atoms with van der Waals surface area (Å²) in [6.45, 7) is 0.178. The number of nitrogens with two attached hydrogens (primary N) is 1. The van der Waals surface area contributed by atoms with E-state index in [9.17, 15) is 13.2 Å². The normalized spacial score (nSPS) is 14.9. The quantitative estimate of drug-likeness (QED) is 0.322. The lowest BCUT2D eigenvalue weighted by Gasteiger charge is -2.15. The lowest BCUT2D eigenvalue weighted by molar-refractivity contribution is -0.274. The van der Waals surface area contributed by atoms with E-state index in [1.54, 1.807) is 18.3 Å². The van der Waals surface area contributed by atoms with E-state index >= 15 is 0 Å². The third-order valence-electron chi connectivity index (χ3n) is 4.23. The highest BCUT2D eigenvalue weighted by Gasteiger charge is 2.32. The first-order valence-corrected chi connectivity index (χ1v) is 8.93. The van der Waals surface area contributed by atoms with Crippen molar-refractivity contribution in [2.45, 2.75) is 44.7 Å². The smallest absolute Gasteiger partial charge is 0.474 e. The van der Waals surface area contributed by atoms with Gasteiger partial charge in [0.2, 0.25) is 5.88 Å². The van der Waals surface area contributed by atoms with E-state index in [1.165, 1.54) is 18.2 Å². The van der Waals surface area contributed by atoms with Gasteiger partial charge in [0, 0.05) is 11.8 Å². The Morgan fingerprint density at radius 2 is 1.90 bits per heavy atom. The predicted molar refractivity (Wildman–Crippen MR) is 115 cm³/mol. The summed E-state index contributed by atoms with van der Waals surface area (Å²) in [5.41, 5.74) is 6.65. The summed E-state index contributed by atoms with van der Waals surface area (Å²) >= 11 is 0. The lowest BCUT2D eigenvalue weighted by Crippen LogP contribution is -2.24. The van der Waals surface area contributed by atoms with Crippen molar-refractivity contribution in [3.05, 3.63) is 48.2 Å². The Labute approximate surface area is 183 Å². The van der Waals surface area contributed by atoms with Gasteiger partial charge in [0.05, 0.1) is 12.2 Å². The molecule has 0 saturated heterocycles. The van der Waals surface area contributed by atoms with Crippen molar-refractivity contribution in [2.75, 3.05) is 5.32 Å². The molecule has 0 radical (unpaired) electrons. The van der Waals surface area contributed by atoms with Gasteiger partial charge >= 0.3 is 6.36 Å². The summed E-state index contributed by atoms with van der Waals surface area (Å²) in [5, 5.41) is 2.64. The fourth-order valence-electron chi connectivity index (χ4n) is 2.95. The topological polar surface area (TPSA) is 81.8 Å². The maximum Gasteiger partial charge on any atom is 0.573 e. The zero-order valence-corrected chi connectivity index (χ0v) is 17.8. The van der Waals surface area contributed by atoms with Crippen molar-refractivity contribution in [2.24, 2.45) is 10.7 Å². The van der Waals surface area contributed by atoms with E-state index < -0.39 is 6.36 Å². The van der Waals surface area contributed by atoms with E-state index in [4.69, 9.17) is 10.5 Å². The molecule has 0 aliphatic heterocycles. The van der Waals surface area contributed by atoms with Crippen LogP contribution < -0.4 is 20.5 Å². The van der Waals surface area contributed by atoms with Gasteiger partial charge in [0.25, 0.3) is 0 Å². The lowest BCUT2D eigenvalue weighted by atomic mass is 10.2. The van der Waals surface area contributed by atoms with Crippen LogP contribution in [0.3, 0.4) is 0 Å². The van der Waals surface area contributed by atoms with Crippen LogP contribution in [0.2, 0.25) is 0 Å². The number of guanidine groups is 1. The highest BCUT2D eigenvalue weighted by atomic mass is 127. The second-order valence-corrected chi connectivity index (χ2v) is 6.36. The third-order valence-corrected chi connectivity index (χ3v) is 4.23. The molecule has 1 heterocycles. The molecule has 158 valence electrons. The van der Waals surface area contributed by atoms with Crippen LogP contribution in [0.5, 0.6) is 11.6 Å². The molecule has 0 bridgehead atoms. The summed E-state index contributed by atoms with van der Waals surface area (Å²) in [5.74, 6) is 0.0698. The SMILES string of the molecule is I.NC(=NCc1cccnc1OC1CCCC1)Nc1ccccc1OC(F)(F)F. The molecule has 0 amide bonds. The van der Waals surface area contributed by atoms with Crippen molar-refractivity contribution in [3.8, 4) is 11.6 Å². The number of anilines is 1. The van der Waals surface area contributed by atoms with Crippen molar-refractivity contribution >= 4 is 35.6 Å². The number of aliphatic imine (C=N–C) groups is 1. The van der Waals surface area contributed by atoms with Gasteiger partial charge in [-0.1, -0.05) is 18.2 Å². The fourth-order valence-corrected chi connectivity index (χ4v) is 2.95. The van der Waals surface area contributed by atoms with E-state index in [0.717, 1.165) is 31.2 Å². The molecule has 29 heavy (non-hydrogen) atoms. The number of nitrogens with one attached hydrogen (secondary N) is 1. The molecule has 1 fully saturated rings.